The van der Waals surface area contributed by atoms with Gasteiger partial charge in [0, 0.05) is 33.3 Å². The lowest BCUT2D eigenvalue weighted by molar-refractivity contribution is -0.166. The smallest absolute Gasteiger partial charge is 0.224 e. The van der Waals surface area contributed by atoms with E-state index in [1.165, 1.54) is 11.8 Å². The molecule has 220 valence electrons. The second-order valence-electron chi connectivity index (χ2n) is 14.3. The molecule has 2 bridgehead atoms. The number of allylic oxidation sites excluding steroid dienone is 4. The molecule has 3 fully saturated rings. The number of pyridine rings is 1. The second-order valence-corrected chi connectivity index (χ2v) is 15.2. The maximum Gasteiger partial charge on any atom is 0.224 e. The van der Waals surface area contributed by atoms with Crippen LogP contribution in [-0.2, 0) is 0 Å². The Balaban J connectivity index is 1.31. The number of aryl methyl sites for hydroxylation is 2. The highest BCUT2D eigenvalue weighted by Gasteiger charge is 2.74. The fourth-order valence-corrected chi connectivity index (χ4v) is 11.8. The van der Waals surface area contributed by atoms with Gasteiger partial charge in [0.25, 0.3) is 0 Å². The van der Waals surface area contributed by atoms with Crippen LogP contribution in [0.4, 0.5) is 0 Å². The Morgan fingerprint density at radius 3 is 2.62 bits per heavy atom. The number of rotatable bonds is 5. The first-order valence-electron chi connectivity index (χ1n) is 15.4. The Morgan fingerprint density at radius 2 is 1.88 bits per heavy atom. The summed E-state index contributed by atoms with van der Waals surface area (Å²) in [5.74, 6) is 1.04. The summed E-state index contributed by atoms with van der Waals surface area (Å²) in [6, 6.07) is 7.76. The largest absolute Gasteiger partial charge is 0.461 e. The van der Waals surface area contributed by atoms with Crippen molar-refractivity contribution >= 4 is 17.5 Å². The number of ketones is 1. The number of furan rings is 1. The molecule has 7 heteroatoms. The van der Waals surface area contributed by atoms with Gasteiger partial charge in [-0.3, -0.25) is 4.79 Å². The van der Waals surface area contributed by atoms with Crippen molar-refractivity contribution in [2.75, 3.05) is 5.75 Å². The minimum absolute atomic E-state index is 0.0667. The molecular weight excluding hydrogens is 544 g/mol. The Morgan fingerprint density at radius 1 is 1.14 bits per heavy atom. The first kappa shape index (κ1) is 28.1. The Labute approximate surface area is 252 Å². The molecule has 0 aromatic carbocycles. The molecule has 2 aromatic rings. The van der Waals surface area contributed by atoms with E-state index in [0.29, 0.717) is 34.9 Å². The number of carbonyl (C=O) groups excluding carboxylic acids is 1. The number of nitriles is 1. The van der Waals surface area contributed by atoms with Gasteiger partial charge in [-0.05, 0) is 99.8 Å². The lowest BCUT2D eigenvalue weighted by Gasteiger charge is -2.71. The number of carbonyl (C=O) groups is 1. The van der Waals surface area contributed by atoms with Crippen LogP contribution in [0.3, 0.4) is 0 Å². The van der Waals surface area contributed by atoms with Gasteiger partial charge in [-0.15, -0.1) is 11.8 Å². The third-order valence-corrected chi connectivity index (χ3v) is 13.8. The number of aromatic nitrogens is 1. The van der Waals surface area contributed by atoms with Crippen LogP contribution in [-0.4, -0.2) is 38.4 Å². The zero-order valence-corrected chi connectivity index (χ0v) is 25.8. The monoisotopic (exact) mass is 584 g/mol. The predicted molar refractivity (Wildman–Crippen MR) is 161 cm³/mol. The molecule has 2 N–H and O–H groups in total. The molecule has 6 aliphatic rings. The lowest BCUT2D eigenvalue weighted by atomic mass is 9.32. The molecule has 8 atom stereocenters. The molecule has 42 heavy (non-hydrogen) atoms. The fraction of sp³-hybridized carbons (Fsp3) is 0.571. The average Bonchev–Trinajstić information content (AvgIpc) is 3.58. The van der Waals surface area contributed by atoms with Crippen molar-refractivity contribution < 1.29 is 19.4 Å². The highest BCUT2D eigenvalue weighted by atomic mass is 32.2. The van der Waals surface area contributed by atoms with Crippen molar-refractivity contribution in [2.24, 2.45) is 33.5 Å². The van der Waals surface area contributed by atoms with Crippen LogP contribution in [0, 0.1) is 58.7 Å². The maximum atomic E-state index is 14.3. The SMILES string of the molecule is Cc1cc(C)c(C#N)c(SCC2(O)CCC3C45C=CC6(C=C4C(=O)c4ccco4)CC(O)CCC6(C)C5CCC32C)n1. The van der Waals surface area contributed by atoms with Crippen molar-refractivity contribution in [3.05, 3.63) is 70.8 Å². The average molecular weight is 585 g/mol. The first-order valence-corrected chi connectivity index (χ1v) is 16.4. The van der Waals surface area contributed by atoms with Gasteiger partial charge in [-0.1, -0.05) is 32.1 Å². The molecular formula is C35H40N2O4S. The fourth-order valence-electron chi connectivity index (χ4n) is 10.3. The molecule has 0 amide bonds. The van der Waals surface area contributed by atoms with Crippen molar-refractivity contribution in [2.45, 2.75) is 89.4 Å². The quantitative estimate of drug-likeness (QED) is 0.228. The molecule has 6 aliphatic carbocycles. The number of fused-ring (bicyclic) bond motifs is 1. The molecule has 2 aromatic heterocycles. The third-order valence-electron chi connectivity index (χ3n) is 12.6. The first-order chi connectivity index (χ1) is 19.9. The van der Waals surface area contributed by atoms with Gasteiger partial charge < -0.3 is 14.6 Å². The van der Waals surface area contributed by atoms with E-state index in [2.05, 4.69) is 43.1 Å². The van der Waals surface area contributed by atoms with Crippen LogP contribution in [0.2, 0.25) is 0 Å². The van der Waals surface area contributed by atoms with E-state index in [1.54, 1.807) is 18.4 Å². The normalized spacial score (nSPS) is 41.5. The molecule has 2 heterocycles. The minimum atomic E-state index is -0.976. The maximum absolute atomic E-state index is 14.3. The Bertz CT molecular complexity index is 1570. The van der Waals surface area contributed by atoms with Crippen LogP contribution < -0.4 is 0 Å². The zero-order valence-electron chi connectivity index (χ0n) is 24.9. The topological polar surface area (TPSA) is 107 Å². The van der Waals surface area contributed by atoms with Crippen LogP contribution in [0.15, 0.2) is 57.7 Å². The summed E-state index contributed by atoms with van der Waals surface area (Å²) in [6.07, 6.45) is 13.6. The standard InChI is InChI=1S/C35H40N2O4S/c1-21-16-22(2)37-30(24(21)19-36)42-20-34(40)12-9-28-32(34,4)11-8-27-31(3)10-7-23(38)17-33(31)13-14-35(27,28)25(18-33)29(39)26-6-5-15-41-26/h5-6,13-16,18,23,27-28,38,40H,7-12,17,20H2,1-4H3. The number of hydrogen-bond acceptors (Lipinski definition) is 7. The summed E-state index contributed by atoms with van der Waals surface area (Å²) in [5.41, 5.74) is 0.790. The van der Waals surface area contributed by atoms with Gasteiger partial charge in [-0.25, -0.2) is 4.98 Å². The van der Waals surface area contributed by atoms with Crippen LogP contribution >= 0.6 is 11.8 Å². The molecule has 6 nitrogen and oxygen atoms in total. The summed E-state index contributed by atoms with van der Waals surface area (Å²) in [4.78, 5) is 19.0. The van der Waals surface area contributed by atoms with Crippen LogP contribution in [0.5, 0.6) is 0 Å². The van der Waals surface area contributed by atoms with Crippen LogP contribution in [0.25, 0.3) is 0 Å². The number of aliphatic hydroxyl groups excluding tert-OH is 1. The van der Waals surface area contributed by atoms with E-state index in [4.69, 9.17) is 4.42 Å². The van der Waals surface area contributed by atoms with Gasteiger partial charge in [-0.2, -0.15) is 5.26 Å². The Hall–Kier alpha value is -2.66. The van der Waals surface area contributed by atoms with Crippen molar-refractivity contribution in [3.63, 3.8) is 0 Å². The number of hydrogen-bond donors (Lipinski definition) is 2. The van der Waals surface area contributed by atoms with Crippen molar-refractivity contribution in [3.8, 4) is 6.07 Å². The molecule has 2 spiro atoms. The van der Waals surface area contributed by atoms with Gasteiger partial charge in [0.05, 0.1) is 23.5 Å². The summed E-state index contributed by atoms with van der Waals surface area (Å²) < 4.78 is 5.67. The van der Waals surface area contributed by atoms with Crippen molar-refractivity contribution in [1.29, 1.82) is 5.26 Å². The van der Waals surface area contributed by atoms with E-state index in [0.717, 1.165) is 48.9 Å². The third kappa shape index (κ3) is 3.46. The molecule has 8 rings (SSSR count). The van der Waals surface area contributed by atoms with Gasteiger partial charge in [0.1, 0.15) is 11.1 Å². The number of Topliss-reactive ketones (excluding diaryl/α,β-unsaturated/α-hetero) is 1. The number of thioether (sulfide) groups is 1. The van der Waals surface area contributed by atoms with E-state index in [-0.39, 0.29) is 34.6 Å². The van der Waals surface area contributed by atoms with E-state index in [9.17, 15) is 20.3 Å². The van der Waals surface area contributed by atoms with Crippen LogP contribution in [0.1, 0.15) is 86.2 Å². The van der Waals surface area contributed by atoms with Gasteiger partial charge in [0.15, 0.2) is 5.76 Å². The van der Waals surface area contributed by atoms with Gasteiger partial charge in [0.2, 0.25) is 5.78 Å². The van der Waals surface area contributed by atoms with E-state index < -0.39 is 16.4 Å². The Kier molecular flexibility index (Phi) is 6.14. The number of nitrogens with zero attached hydrogens (tertiary/aromatic N) is 2. The minimum Gasteiger partial charge on any atom is -0.461 e. The summed E-state index contributed by atoms with van der Waals surface area (Å²) in [5, 5.41) is 33.9. The molecule has 8 unspecified atom stereocenters. The van der Waals surface area contributed by atoms with E-state index >= 15 is 0 Å². The summed E-state index contributed by atoms with van der Waals surface area (Å²) >= 11 is 1.49. The molecule has 0 radical (unpaired) electrons. The highest BCUT2D eigenvalue weighted by Crippen LogP contribution is 2.78. The lowest BCUT2D eigenvalue weighted by Crippen LogP contribution is -2.67. The highest BCUT2D eigenvalue weighted by molar-refractivity contribution is 7.99. The van der Waals surface area contributed by atoms with E-state index in [1.807, 2.05) is 19.9 Å². The van der Waals surface area contributed by atoms with Gasteiger partial charge >= 0.3 is 0 Å². The number of aliphatic hydroxyl groups is 2. The predicted octanol–water partition coefficient (Wildman–Crippen LogP) is 6.73. The molecule has 0 aliphatic heterocycles. The summed E-state index contributed by atoms with van der Waals surface area (Å²) in [6.45, 7) is 8.50. The zero-order chi connectivity index (χ0) is 29.7. The molecule has 0 saturated heterocycles. The summed E-state index contributed by atoms with van der Waals surface area (Å²) in [7, 11) is 0. The van der Waals surface area contributed by atoms with Crippen molar-refractivity contribution in [1.82, 2.24) is 4.98 Å². The molecule has 3 saturated carbocycles. The second kappa shape index (κ2) is 9.17.